The molecule has 4 nitrogen and oxygen atoms in total. The van der Waals surface area contributed by atoms with Crippen molar-refractivity contribution >= 4 is 5.91 Å². The number of carbonyl (C=O) groups is 1. The van der Waals surface area contributed by atoms with Crippen LogP contribution in [0.4, 0.5) is 0 Å². The van der Waals surface area contributed by atoms with Gasteiger partial charge in [0.25, 0.3) is 5.91 Å². The van der Waals surface area contributed by atoms with E-state index in [-0.39, 0.29) is 11.9 Å². The highest BCUT2D eigenvalue weighted by Gasteiger charge is 2.15. The van der Waals surface area contributed by atoms with Gasteiger partial charge in [0.2, 0.25) is 0 Å². The van der Waals surface area contributed by atoms with E-state index in [1.807, 2.05) is 12.3 Å². The summed E-state index contributed by atoms with van der Waals surface area (Å²) in [5.74, 6) is -0.0568. The third-order valence-corrected chi connectivity index (χ3v) is 3.56. The van der Waals surface area contributed by atoms with E-state index in [0.29, 0.717) is 5.69 Å². The molecule has 2 rings (SSSR count). The van der Waals surface area contributed by atoms with Gasteiger partial charge in [0.1, 0.15) is 5.69 Å². The SMILES string of the molecule is CCCCCC(C)NC(=O)c1cc2c(cn1)CNC2. The third-order valence-electron chi connectivity index (χ3n) is 3.56. The van der Waals surface area contributed by atoms with Crippen molar-refractivity contribution in [3.63, 3.8) is 0 Å². The van der Waals surface area contributed by atoms with Gasteiger partial charge in [-0.25, -0.2) is 0 Å². The number of hydrogen-bond acceptors (Lipinski definition) is 3. The molecule has 1 unspecified atom stereocenters. The maximum atomic E-state index is 12.1. The molecule has 0 saturated heterocycles. The van der Waals surface area contributed by atoms with E-state index in [2.05, 4.69) is 29.5 Å². The van der Waals surface area contributed by atoms with Crippen LogP contribution in [0.25, 0.3) is 0 Å². The highest BCUT2D eigenvalue weighted by Crippen LogP contribution is 2.15. The number of aromatic nitrogens is 1. The summed E-state index contributed by atoms with van der Waals surface area (Å²) in [6.07, 6.45) is 6.45. The largest absolute Gasteiger partial charge is 0.348 e. The Kier molecular flexibility index (Phi) is 4.91. The number of fused-ring (bicyclic) bond motifs is 1. The molecule has 0 fully saturated rings. The molecule has 4 heteroatoms. The van der Waals surface area contributed by atoms with Crippen LogP contribution < -0.4 is 10.6 Å². The van der Waals surface area contributed by atoms with Crippen molar-refractivity contribution in [3.05, 3.63) is 29.1 Å². The second-order valence-corrected chi connectivity index (χ2v) is 5.31. The summed E-state index contributed by atoms with van der Waals surface area (Å²) in [6, 6.07) is 2.12. The quantitative estimate of drug-likeness (QED) is 0.773. The summed E-state index contributed by atoms with van der Waals surface area (Å²) in [5, 5.41) is 6.28. The van der Waals surface area contributed by atoms with Crippen LogP contribution in [0, 0.1) is 0 Å². The molecule has 2 N–H and O–H groups in total. The second kappa shape index (κ2) is 6.66. The highest BCUT2D eigenvalue weighted by atomic mass is 16.1. The van der Waals surface area contributed by atoms with E-state index in [9.17, 15) is 4.79 Å². The molecule has 2 heterocycles. The van der Waals surface area contributed by atoms with E-state index in [0.717, 1.165) is 19.5 Å². The average molecular weight is 261 g/mol. The monoisotopic (exact) mass is 261 g/mol. The lowest BCUT2D eigenvalue weighted by molar-refractivity contribution is 0.0933. The molecule has 104 valence electrons. The van der Waals surface area contributed by atoms with Gasteiger partial charge in [-0.05, 0) is 30.5 Å². The fourth-order valence-electron chi connectivity index (χ4n) is 2.38. The zero-order valence-electron chi connectivity index (χ0n) is 11.8. The van der Waals surface area contributed by atoms with Gasteiger partial charge in [-0.2, -0.15) is 0 Å². The fraction of sp³-hybridized carbons (Fsp3) is 0.600. The van der Waals surface area contributed by atoms with E-state index >= 15 is 0 Å². The molecule has 1 atom stereocenters. The molecule has 0 aromatic carbocycles. The lowest BCUT2D eigenvalue weighted by Gasteiger charge is -2.13. The standard InChI is InChI=1S/C15H23N3O/c1-3-4-5-6-11(2)18-15(19)14-7-12-8-16-9-13(12)10-17-14/h7,10-11,16H,3-6,8-9H2,1-2H3,(H,18,19). The Bertz CT molecular complexity index is 445. The lowest BCUT2D eigenvalue weighted by atomic mass is 10.1. The molecular formula is C15H23N3O. The number of unbranched alkanes of at least 4 members (excludes halogenated alkanes) is 2. The smallest absolute Gasteiger partial charge is 0.270 e. The zero-order valence-corrected chi connectivity index (χ0v) is 11.8. The van der Waals surface area contributed by atoms with Gasteiger partial charge in [-0.1, -0.05) is 26.2 Å². The Labute approximate surface area is 115 Å². The minimum atomic E-state index is -0.0568. The summed E-state index contributed by atoms with van der Waals surface area (Å²) in [6.45, 7) is 5.94. The van der Waals surface area contributed by atoms with Crippen LogP contribution in [0.3, 0.4) is 0 Å². The number of nitrogens with zero attached hydrogens (tertiary/aromatic N) is 1. The van der Waals surface area contributed by atoms with Crippen LogP contribution in [0.15, 0.2) is 12.3 Å². The maximum Gasteiger partial charge on any atom is 0.270 e. The van der Waals surface area contributed by atoms with Gasteiger partial charge < -0.3 is 10.6 Å². The Morgan fingerprint density at radius 1 is 1.42 bits per heavy atom. The number of rotatable bonds is 6. The van der Waals surface area contributed by atoms with Crippen molar-refractivity contribution in [1.29, 1.82) is 0 Å². The van der Waals surface area contributed by atoms with Crippen molar-refractivity contribution in [2.24, 2.45) is 0 Å². The summed E-state index contributed by atoms with van der Waals surface area (Å²) >= 11 is 0. The Balaban J connectivity index is 1.89. The van der Waals surface area contributed by atoms with E-state index in [4.69, 9.17) is 0 Å². The molecule has 1 amide bonds. The van der Waals surface area contributed by atoms with Crippen molar-refractivity contribution in [2.75, 3.05) is 0 Å². The van der Waals surface area contributed by atoms with Gasteiger partial charge in [-0.3, -0.25) is 9.78 Å². The minimum absolute atomic E-state index is 0.0568. The molecule has 0 bridgehead atoms. The van der Waals surface area contributed by atoms with E-state index in [1.54, 1.807) is 0 Å². The molecular weight excluding hydrogens is 238 g/mol. The van der Waals surface area contributed by atoms with Crippen molar-refractivity contribution in [1.82, 2.24) is 15.6 Å². The first kappa shape index (κ1) is 14.0. The number of hydrogen-bond donors (Lipinski definition) is 2. The topological polar surface area (TPSA) is 54.0 Å². The highest BCUT2D eigenvalue weighted by molar-refractivity contribution is 5.92. The molecule has 1 aromatic heterocycles. The van der Waals surface area contributed by atoms with Crippen LogP contribution in [0.5, 0.6) is 0 Å². The fourth-order valence-corrected chi connectivity index (χ4v) is 2.38. The molecule has 1 aliphatic heterocycles. The molecule has 0 aliphatic carbocycles. The first-order valence-electron chi connectivity index (χ1n) is 7.20. The van der Waals surface area contributed by atoms with Crippen LogP contribution in [-0.2, 0) is 13.1 Å². The summed E-state index contributed by atoms with van der Waals surface area (Å²) in [7, 11) is 0. The summed E-state index contributed by atoms with van der Waals surface area (Å²) in [4.78, 5) is 16.3. The molecule has 1 aromatic rings. The van der Waals surface area contributed by atoms with Crippen LogP contribution >= 0.6 is 0 Å². The Hall–Kier alpha value is -1.42. The second-order valence-electron chi connectivity index (χ2n) is 5.31. The number of nitrogens with one attached hydrogen (secondary N) is 2. The van der Waals surface area contributed by atoms with Gasteiger partial charge in [0.15, 0.2) is 0 Å². The van der Waals surface area contributed by atoms with Gasteiger partial charge >= 0.3 is 0 Å². The minimum Gasteiger partial charge on any atom is -0.348 e. The molecule has 19 heavy (non-hydrogen) atoms. The van der Waals surface area contributed by atoms with Crippen LogP contribution in [-0.4, -0.2) is 16.9 Å². The van der Waals surface area contributed by atoms with E-state index < -0.39 is 0 Å². The third kappa shape index (κ3) is 3.77. The van der Waals surface area contributed by atoms with Gasteiger partial charge in [0.05, 0.1) is 0 Å². The number of pyridine rings is 1. The summed E-state index contributed by atoms with van der Waals surface area (Å²) in [5.41, 5.74) is 2.93. The molecule has 0 saturated carbocycles. The predicted octanol–water partition coefficient (Wildman–Crippen LogP) is 2.38. The van der Waals surface area contributed by atoms with Crippen molar-refractivity contribution in [3.8, 4) is 0 Å². The Morgan fingerprint density at radius 3 is 3.00 bits per heavy atom. The van der Waals surface area contributed by atoms with Crippen LogP contribution in [0.2, 0.25) is 0 Å². The van der Waals surface area contributed by atoms with Gasteiger partial charge in [0, 0.05) is 25.3 Å². The molecule has 1 aliphatic rings. The maximum absolute atomic E-state index is 12.1. The first-order chi connectivity index (χ1) is 9.20. The molecule has 0 radical (unpaired) electrons. The number of carbonyl (C=O) groups excluding carboxylic acids is 1. The van der Waals surface area contributed by atoms with Crippen LogP contribution in [0.1, 0.15) is 61.1 Å². The van der Waals surface area contributed by atoms with Gasteiger partial charge in [-0.15, -0.1) is 0 Å². The van der Waals surface area contributed by atoms with E-state index in [1.165, 1.54) is 30.4 Å². The first-order valence-corrected chi connectivity index (χ1v) is 7.20. The zero-order chi connectivity index (χ0) is 13.7. The lowest BCUT2D eigenvalue weighted by Crippen LogP contribution is -2.33. The molecule has 0 spiro atoms. The normalized spacial score (nSPS) is 15.1. The Morgan fingerprint density at radius 2 is 2.21 bits per heavy atom. The number of amides is 1. The van der Waals surface area contributed by atoms with Crippen molar-refractivity contribution < 1.29 is 4.79 Å². The summed E-state index contributed by atoms with van der Waals surface area (Å²) < 4.78 is 0. The van der Waals surface area contributed by atoms with Crippen molar-refractivity contribution in [2.45, 2.75) is 58.7 Å². The average Bonchev–Trinajstić information content (AvgIpc) is 2.86. The predicted molar refractivity (Wildman–Crippen MR) is 75.9 cm³/mol.